The van der Waals surface area contributed by atoms with E-state index in [0.29, 0.717) is 29.4 Å². The van der Waals surface area contributed by atoms with Crippen LogP contribution in [0.4, 0.5) is 10.1 Å². The number of nitrogens with zero attached hydrogens (tertiary/aromatic N) is 3. The number of ether oxygens (including phenoxy) is 1. The van der Waals surface area contributed by atoms with Gasteiger partial charge in [-0.1, -0.05) is 11.2 Å². The lowest BCUT2D eigenvalue weighted by Crippen LogP contribution is -2.26. The van der Waals surface area contributed by atoms with Crippen LogP contribution in [0, 0.1) is 5.82 Å². The first-order valence-corrected chi connectivity index (χ1v) is 8.06. The number of rotatable bonds is 6. The Bertz CT molecular complexity index is 893. The van der Waals surface area contributed by atoms with Gasteiger partial charge in [-0.2, -0.15) is 4.98 Å². The van der Waals surface area contributed by atoms with Crippen LogP contribution in [0.1, 0.15) is 12.3 Å². The molecule has 0 aliphatic rings. The molecular weight excluding hydrogens is 337 g/mol. The smallest absolute Gasteiger partial charge is 0.227 e. The maximum Gasteiger partial charge on any atom is 0.227 e. The normalized spacial score (nSPS) is 10.6. The molecule has 0 saturated carbocycles. The fourth-order valence-corrected chi connectivity index (χ4v) is 2.42. The molecule has 2 aromatic carbocycles. The molecule has 1 heterocycles. The second-order valence-electron chi connectivity index (χ2n) is 5.67. The average Bonchev–Trinajstić information content (AvgIpc) is 3.15. The Morgan fingerprint density at radius 2 is 2.00 bits per heavy atom. The van der Waals surface area contributed by atoms with E-state index in [-0.39, 0.29) is 18.1 Å². The second-order valence-corrected chi connectivity index (χ2v) is 5.67. The Labute approximate surface area is 150 Å². The van der Waals surface area contributed by atoms with Gasteiger partial charge >= 0.3 is 0 Å². The number of anilines is 1. The minimum Gasteiger partial charge on any atom is -0.497 e. The van der Waals surface area contributed by atoms with Crippen molar-refractivity contribution in [2.24, 2.45) is 0 Å². The summed E-state index contributed by atoms with van der Waals surface area (Å²) in [5.74, 6) is 0.997. The van der Waals surface area contributed by atoms with Crippen LogP contribution in [-0.4, -0.2) is 30.2 Å². The predicted molar refractivity (Wildman–Crippen MR) is 94.4 cm³/mol. The highest BCUT2D eigenvalue weighted by atomic mass is 19.1. The van der Waals surface area contributed by atoms with E-state index in [1.165, 1.54) is 12.1 Å². The first-order valence-electron chi connectivity index (χ1n) is 8.06. The highest BCUT2D eigenvalue weighted by Crippen LogP contribution is 2.21. The van der Waals surface area contributed by atoms with Crippen LogP contribution in [0.15, 0.2) is 53.1 Å². The van der Waals surface area contributed by atoms with Crippen LogP contribution in [0.25, 0.3) is 11.4 Å². The van der Waals surface area contributed by atoms with E-state index in [1.807, 2.05) is 18.2 Å². The highest BCUT2D eigenvalue weighted by Gasteiger charge is 2.15. The summed E-state index contributed by atoms with van der Waals surface area (Å²) >= 11 is 0. The summed E-state index contributed by atoms with van der Waals surface area (Å²) in [5.41, 5.74) is 1.40. The average molecular weight is 355 g/mol. The molecule has 0 atom stereocenters. The molecule has 0 spiro atoms. The molecule has 134 valence electrons. The molecule has 0 aliphatic carbocycles. The van der Waals surface area contributed by atoms with Crippen LogP contribution in [0.5, 0.6) is 5.75 Å². The Balaban J connectivity index is 1.61. The number of aryl methyl sites for hydroxylation is 1. The minimum absolute atomic E-state index is 0.0835. The largest absolute Gasteiger partial charge is 0.497 e. The number of methoxy groups -OCH3 is 1. The maximum absolute atomic E-state index is 13.0. The topological polar surface area (TPSA) is 68.5 Å². The molecule has 0 aliphatic heterocycles. The van der Waals surface area contributed by atoms with Gasteiger partial charge in [0.1, 0.15) is 11.6 Å². The van der Waals surface area contributed by atoms with Gasteiger partial charge in [0.2, 0.25) is 17.6 Å². The fraction of sp³-hybridized carbons (Fsp3) is 0.211. The van der Waals surface area contributed by atoms with E-state index >= 15 is 0 Å². The van der Waals surface area contributed by atoms with Crippen molar-refractivity contribution in [2.45, 2.75) is 12.8 Å². The summed E-state index contributed by atoms with van der Waals surface area (Å²) in [6.45, 7) is 0. The molecule has 3 rings (SSSR count). The van der Waals surface area contributed by atoms with E-state index in [1.54, 1.807) is 37.3 Å². The Morgan fingerprint density at radius 1 is 1.23 bits per heavy atom. The molecule has 3 aromatic rings. The summed E-state index contributed by atoms with van der Waals surface area (Å²) in [7, 11) is 3.28. The number of aromatic nitrogens is 2. The van der Waals surface area contributed by atoms with E-state index in [4.69, 9.17) is 9.26 Å². The van der Waals surface area contributed by atoms with Gasteiger partial charge in [-0.3, -0.25) is 4.79 Å². The summed E-state index contributed by atoms with van der Waals surface area (Å²) in [6, 6.07) is 13.1. The van der Waals surface area contributed by atoms with Crippen LogP contribution < -0.4 is 9.64 Å². The fourth-order valence-electron chi connectivity index (χ4n) is 2.42. The monoisotopic (exact) mass is 355 g/mol. The van der Waals surface area contributed by atoms with Gasteiger partial charge in [-0.15, -0.1) is 0 Å². The Kier molecular flexibility index (Phi) is 5.26. The molecule has 0 N–H and O–H groups in total. The molecule has 6 nitrogen and oxygen atoms in total. The molecule has 1 amide bonds. The molecule has 0 radical (unpaired) electrons. The van der Waals surface area contributed by atoms with Crippen molar-refractivity contribution in [1.82, 2.24) is 10.1 Å². The number of hydrogen-bond donors (Lipinski definition) is 0. The lowest BCUT2D eigenvalue weighted by Gasteiger charge is -2.17. The third-order valence-corrected chi connectivity index (χ3v) is 3.94. The number of benzene rings is 2. The molecule has 0 saturated heterocycles. The zero-order chi connectivity index (χ0) is 18.5. The maximum atomic E-state index is 13.0. The molecular formula is C19H18FN3O3. The predicted octanol–water partition coefficient (Wildman–Crippen LogP) is 3.48. The highest BCUT2D eigenvalue weighted by molar-refractivity contribution is 5.93. The first kappa shape index (κ1) is 17.6. The lowest BCUT2D eigenvalue weighted by atomic mass is 10.2. The van der Waals surface area contributed by atoms with Gasteiger partial charge in [-0.05, 0) is 36.4 Å². The number of carbonyl (C=O) groups is 1. The number of halogens is 1. The van der Waals surface area contributed by atoms with Gasteiger partial charge in [0, 0.05) is 37.2 Å². The molecule has 0 unspecified atom stereocenters. The van der Waals surface area contributed by atoms with Gasteiger partial charge in [0.15, 0.2) is 0 Å². The molecule has 0 fully saturated rings. The van der Waals surface area contributed by atoms with Crippen LogP contribution in [0.3, 0.4) is 0 Å². The molecule has 7 heteroatoms. The Hall–Kier alpha value is -3.22. The van der Waals surface area contributed by atoms with Crippen LogP contribution in [-0.2, 0) is 11.2 Å². The summed E-state index contributed by atoms with van der Waals surface area (Å²) < 4.78 is 23.3. The van der Waals surface area contributed by atoms with Crippen LogP contribution in [0.2, 0.25) is 0 Å². The zero-order valence-corrected chi connectivity index (χ0v) is 14.5. The summed E-state index contributed by atoms with van der Waals surface area (Å²) in [4.78, 5) is 18.2. The van der Waals surface area contributed by atoms with Crippen molar-refractivity contribution >= 4 is 11.6 Å². The quantitative estimate of drug-likeness (QED) is 0.677. The Morgan fingerprint density at radius 3 is 2.73 bits per heavy atom. The van der Waals surface area contributed by atoms with Crippen molar-refractivity contribution in [3.05, 3.63) is 60.2 Å². The third-order valence-electron chi connectivity index (χ3n) is 3.94. The molecule has 1 aromatic heterocycles. The van der Waals surface area contributed by atoms with E-state index < -0.39 is 0 Å². The standard InChI is InChI=1S/C19H18FN3O3/c1-23(15-4-3-5-16(12-15)25-2)18(24)11-10-17-21-19(22-26-17)13-6-8-14(20)9-7-13/h3-9,12H,10-11H2,1-2H3. The van der Waals surface area contributed by atoms with Crippen molar-refractivity contribution < 1.29 is 18.4 Å². The van der Waals surface area contributed by atoms with Crippen molar-refractivity contribution in [3.63, 3.8) is 0 Å². The second kappa shape index (κ2) is 7.77. The molecule has 0 bridgehead atoms. The summed E-state index contributed by atoms with van der Waals surface area (Å²) in [6.07, 6.45) is 0.542. The van der Waals surface area contributed by atoms with Crippen molar-refractivity contribution in [1.29, 1.82) is 0 Å². The number of carbonyl (C=O) groups excluding carboxylic acids is 1. The summed E-state index contributed by atoms with van der Waals surface area (Å²) in [5, 5.41) is 3.87. The van der Waals surface area contributed by atoms with Gasteiger partial charge in [-0.25, -0.2) is 4.39 Å². The molecule has 26 heavy (non-hydrogen) atoms. The van der Waals surface area contributed by atoms with Gasteiger partial charge in [0.25, 0.3) is 0 Å². The third kappa shape index (κ3) is 4.05. The van der Waals surface area contributed by atoms with Crippen LogP contribution >= 0.6 is 0 Å². The van der Waals surface area contributed by atoms with E-state index in [0.717, 1.165) is 5.69 Å². The van der Waals surface area contributed by atoms with Crippen molar-refractivity contribution in [3.8, 4) is 17.1 Å². The van der Waals surface area contributed by atoms with Gasteiger partial charge in [0.05, 0.1) is 7.11 Å². The van der Waals surface area contributed by atoms with E-state index in [9.17, 15) is 9.18 Å². The van der Waals surface area contributed by atoms with Gasteiger partial charge < -0.3 is 14.2 Å². The lowest BCUT2D eigenvalue weighted by molar-refractivity contribution is -0.118. The SMILES string of the molecule is COc1cccc(N(C)C(=O)CCc2nc(-c3ccc(F)cc3)no2)c1. The van der Waals surface area contributed by atoms with E-state index in [2.05, 4.69) is 10.1 Å². The number of amides is 1. The first-order chi connectivity index (χ1) is 12.6. The van der Waals surface area contributed by atoms with Crippen molar-refractivity contribution in [2.75, 3.05) is 19.1 Å². The minimum atomic E-state index is -0.330. The zero-order valence-electron chi connectivity index (χ0n) is 14.5. The number of hydrogen-bond acceptors (Lipinski definition) is 5.